The van der Waals surface area contributed by atoms with Crippen LogP contribution in [0.3, 0.4) is 0 Å². The molecular weight excluding hydrogens is 210 g/mol. The highest BCUT2D eigenvalue weighted by Crippen LogP contribution is 2.06. The van der Waals surface area contributed by atoms with Crippen molar-refractivity contribution in [2.75, 3.05) is 0 Å². The van der Waals surface area contributed by atoms with Gasteiger partial charge in [-0.25, -0.2) is 0 Å². The molecule has 1 aromatic carbocycles. The second kappa shape index (κ2) is 7.10. The third kappa shape index (κ3) is 5.53. The molecule has 0 bridgehead atoms. The molecule has 1 amide bonds. The lowest BCUT2D eigenvalue weighted by Gasteiger charge is -2.12. The van der Waals surface area contributed by atoms with E-state index in [1.807, 2.05) is 0 Å². The van der Waals surface area contributed by atoms with E-state index in [0.29, 0.717) is 12.5 Å². The number of rotatable bonds is 6. The van der Waals surface area contributed by atoms with E-state index >= 15 is 0 Å². The molecule has 1 atom stereocenters. The molecule has 0 spiro atoms. The van der Waals surface area contributed by atoms with E-state index in [-0.39, 0.29) is 5.91 Å². The molecule has 0 aliphatic heterocycles. The number of carbonyl (C=O) groups excluding carboxylic acids is 1. The van der Waals surface area contributed by atoms with Gasteiger partial charge in [-0.2, -0.15) is 0 Å². The molecule has 1 N–H and O–H groups in total. The Morgan fingerprint density at radius 1 is 1.29 bits per heavy atom. The zero-order valence-corrected chi connectivity index (χ0v) is 11.1. The van der Waals surface area contributed by atoms with Gasteiger partial charge in [0, 0.05) is 12.5 Å². The Morgan fingerprint density at radius 2 is 1.94 bits per heavy atom. The minimum atomic E-state index is 0.159. The van der Waals surface area contributed by atoms with E-state index in [9.17, 15) is 4.79 Å². The fraction of sp³-hybridized carbons (Fsp3) is 0.533. The Kier molecular flexibility index (Phi) is 5.75. The number of hydrogen-bond donors (Lipinski definition) is 1. The van der Waals surface area contributed by atoms with E-state index in [2.05, 4.69) is 50.4 Å². The largest absolute Gasteiger partial charge is 0.354 e. The van der Waals surface area contributed by atoms with Gasteiger partial charge in [0.1, 0.15) is 0 Å². The van der Waals surface area contributed by atoms with Gasteiger partial charge >= 0.3 is 0 Å². The summed E-state index contributed by atoms with van der Waals surface area (Å²) in [6.45, 7) is 6.27. The van der Waals surface area contributed by atoms with Crippen LogP contribution in [0.2, 0.25) is 0 Å². The van der Waals surface area contributed by atoms with Gasteiger partial charge in [-0.15, -0.1) is 0 Å². The van der Waals surface area contributed by atoms with Crippen LogP contribution in [-0.2, 0) is 11.2 Å². The lowest BCUT2D eigenvalue weighted by atomic mass is 10.1. The fourth-order valence-electron chi connectivity index (χ4n) is 1.86. The Labute approximate surface area is 104 Å². The predicted octanol–water partition coefficient (Wildman–Crippen LogP) is 3.23. The van der Waals surface area contributed by atoms with Gasteiger partial charge in [-0.1, -0.05) is 43.2 Å². The Balaban J connectivity index is 2.30. The fourth-order valence-corrected chi connectivity index (χ4v) is 1.86. The average Bonchev–Trinajstić information content (AvgIpc) is 2.28. The summed E-state index contributed by atoms with van der Waals surface area (Å²) in [4.78, 5) is 11.7. The molecule has 0 aliphatic rings. The van der Waals surface area contributed by atoms with Crippen LogP contribution >= 0.6 is 0 Å². The minimum absolute atomic E-state index is 0.159. The molecule has 17 heavy (non-hydrogen) atoms. The molecule has 0 saturated heterocycles. The smallest absolute Gasteiger partial charge is 0.220 e. The number of carbonyl (C=O) groups is 1. The van der Waals surface area contributed by atoms with E-state index in [4.69, 9.17) is 0 Å². The van der Waals surface area contributed by atoms with Crippen LogP contribution in [0.15, 0.2) is 24.3 Å². The topological polar surface area (TPSA) is 29.1 Å². The van der Waals surface area contributed by atoms with Crippen LogP contribution in [0.25, 0.3) is 0 Å². The molecule has 1 aromatic rings. The van der Waals surface area contributed by atoms with Crippen molar-refractivity contribution >= 4 is 5.91 Å². The van der Waals surface area contributed by atoms with Crippen LogP contribution in [-0.4, -0.2) is 11.9 Å². The van der Waals surface area contributed by atoms with Crippen molar-refractivity contribution in [3.05, 3.63) is 35.4 Å². The summed E-state index contributed by atoms with van der Waals surface area (Å²) in [5, 5.41) is 3.02. The summed E-state index contributed by atoms with van der Waals surface area (Å²) >= 11 is 0. The lowest BCUT2D eigenvalue weighted by Crippen LogP contribution is -2.32. The number of benzene rings is 1. The molecule has 0 unspecified atom stereocenters. The molecule has 94 valence electrons. The lowest BCUT2D eigenvalue weighted by molar-refractivity contribution is -0.121. The van der Waals surface area contributed by atoms with Crippen molar-refractivity contribution in [1.82, 2.24) is 5.32 Å². The molecule has 0 heterocycles. The molecule has 1 rings (SSSR count). The predicted molar refractivity (Wildman–Crippen MR) is 72.0 cm³/mol. The summed E-state index contributed by atoms with van der Waals surface area (Å²) in [6.07, 6.45) is 3.57. The normalized spacial score (nSPS) is 12.2. The summed E-state index contributed by atoms with van der Waals surface area (Å²) in [6, 6.07) is 8.67. The molecule has 0 saturated carbocycles. The van der Waals surface area contributed by atoms with Crippen molar-refractivity contribution in [2.45, 2.75) is 52.5 Å². The SMILES string of the molecule is CCC[C@H](C)NC(=O)CCc1ccc(C)cc1. The first-order valence-electron chi connectivity index (χ1n) is 6.46. The average molecular weight is 233 g/mol. The molecule has 0 aliphatic carbocycles. The Hall–Kier alpha value is -1.31. The molecule has 2 heteroatoms. The molecule has 0 fully saturated rings. The van der Waals surface area contributed by atoms with Crippen molar-refractivity contribution in [3.63, 3.8) is 0 Å². The van der Waals surface area contributed by atoms with Gasteiger partial charge in [-0.3, -0.25) is 4.79 Å². The molecule has 0 aromatic heterocycles. The van der Waals surface area contributed by atoms with Gasteiger partial charge in [-0.05, 0) is 32.3 Å². The van der Waals surface area contributed by atoms with Gasteiger partial charge < -0.3 is 5.32 Å². The van der Waals surface area contributed by atoms with Crippen molar-refractivity contribution in [2.24, 2.45) is 0 Å². The first-order valence-corrected chi connectivity index (χ1v) is 6.46. The van der Waals surface area contributed by atoms with Crippen LogP contribution in [0.4, 0.5) is 0 Å². The second-order valence-corrected chi connectivity index (χ2v) is 4.74. The van der Waals surface area contributed by atoms with Gasteiger partial charge in [0.05, 0.1) is 0 Å². The highest BCUT2D eigenvalue weighted by molar-refractivity contribution is 5.76. The van der Waals surface area contributed by atoms with Crippen LogP contribution in [0.1, 0.15) is 44.2 Å². The van der Waals surface area contributed by atoms with E-state index in [1.165, 1.54) is 11.1 Å². The number of aryl methyl sites for hydroxylation is 2. The maximum atomic E-state index is 11.7. The quantitative estimate of drug-likeness (QED) is 0.803. The molecular formula is C15H23NO. The van der Waals surface area contributed by atoms with Crippen molar-refractivity contribution in [3.8, 4) is 0 Å². The monoisotopic (exact) mass is 233 g/mol. The maximum absolute atomic E-state index is 11.7. The highest BCUT2D eigenvalue weighted by atomic mass is 16.1. The standard InChI is InChI=1S/C15H23NO/c1-4-5-13(3)16-15(17)11-10-14-8-6-12(2)7-9-14/h6-9,13H,4-5,10-11H2,1-3H3,(H,16,17)/t13-/m0/s1. The molecule has 2 nitrogen and oxygen atoms in total. The summed E-state index contributed by atoms with van der Waals surface area (Å²) < 4.78 is 0. The zero-order valence-electron chi connectivity index (χ0n) is 11.1. The number of amides is 1. The molecule has 0 radical (unpaired) electrons. The summed E-state index contributed by atoms with van der Waals surface area (Å²) in [7, 11) is 0. The Bertz CT molecular complexity index is 342. The van der Waals surface area contributed by atoms with Crippen molar-refractivity contribution in [1.29, 1.82) is 0 Å². The van der Waals surface area contributed by atoms with Gasteiger partial charge in [0.25, 0.3) is 0 Å². The van der Waals surface area contributed by atoms with E-state index < -0.39 is 0 Å². The van der Waals surface area contributed by atoms with Crippen molar-refractivity contribution < 1.29 is 4.79 Å². The van der Waals surface area contributed by atoms with E-state index in [0.717, 1.165) is 19.3 Å². The second-order valence-electron chi connectivity index (χ2n) is 4.74. The third-order valence-corrected chi connectivity index (χ3v) is 2.89. The van der Waals surface area contributed by atoms with Gasteiger partial charge in [0.15, 0.2) is 0 Å². The first-order chi connectivity index (χ1) is 8.11. The zero-order chi connectivity index (χ0) is 12.7. The van der Waals surface area contributed by atoms with E-state index in [1.54, 1.807) is 0 Å². The number of nitrogens with one attached hydrogen (secondary N) is 1. The Morgan fingerprint density at radius 3 is 2.53 bits per heavy atom. The van der Waals surface area contributed by atoms with Crippen LogP contribution in [0, 0.1) is 6.92 Å². The number of hydrogen-bond acceptors (Lipinski definition) is 1. The summed E-state index contributed by atoms with van der Waals surface area (Å²) in [5.74, 6) is 0.159. The minimum Gasteiger partial charge on any atom is -0.354 e. The highest BCUT2D eigenvalue weighted by Gasteiger charge is 2.06. The maximum Gasteiger partial charge on any atom is 0.220 e. The van der Waals surface area contributed by atoms with Gasteiger partial charge in [0.2, 0.25) is 5.91 Å². The van der Waals surface area contributed by atoms with Crippen LogP contribution in [0.5, 0.6) is 0 Å². The summed E-state index contributed by atoms with van der Waals surface area (Å²) in [5.41, 5.74) is 2.49. The third-order valence-electron chi connectivity index (χ3n) is 2.89. The van der Waals surface area contributed by atoms with Crippen LogP contribution < -0.4 is 5.32 Å². The first kappa shape index (κ1) is 13.8.